The van der Waals surface area contributed by atoms with Crippen LogP contribution in [0.3, 0.4) is 0 Å². The average Bonchev–Trinajstić information content (AvgIpc) is 2.66. The molecule has 0 spiro atoms. The standard InChI is InChI=1S/C18H18F3N3O5S/c19-18(20,21)29-14-6-8-15(9-7-14)30(27,28)23-11-10-16(25)22-12-17(26)24-13-4-2-1-3-5-13/h1-9,23H,10-12H2,(H,22,25)(H,24,26). The van der Waals surface area contributed by atoms with E-state index >= 15 is 0 Å². The van der Waals surface area contributed by atoms with Gasteiger partial charge >= 0.3 is 6.36 Å². The van der Waals surface area contributed by atoms with Gasteiger partial charge in [0.1, 0.15) is 5.75 Å². The maximum absolute atomic E-state index is 12.1. The SMILES string of the molecule is O=C(CCNS(=O)(=O)c1ccc(OC(F)(F)F)cc1)NCC(=O)Nc1ccccc1. The van der Waals surface area contributed by atoms with Crippen molar-refractivity contribution in [1.29, 1.82) is 0 Å². The lowest BCUT2D eigenvalue weighted by atomic mass is 10.3. The smallest absolute Gasteiger partial charge is 0.406 e. The molecule has 0 saturated carbocycles. The molecule has 0 aliphatic carbocycles. The number of rotatable bonds is 9. The molecule has 0 aliphatic heterocycles. The monoisotopic (exact) mass is 445 g/mol. The Kier molecular flexibility index (Phi) is 7.78. The average molecular weight is 445 g/mol. The fourth-order valence-corrected chi connectivity index (χ4v) is 3.23. The minimum Gasteiger partial charge on any atom is -0.406 e. The largest absolute Gasteiger partial charge is 0.573 e. The lowest BCUT2D eigenvalue weighted by Crippen LogP contribution is -2.35. The van der Waals surface area contributed by atoms with Crippen molar-refractivity contribution in [3.63, 3.8) is 0 Å². The number of carbonyl (C=O) groups excluding carboxylic acids is 2. The van der Waals surface area contributed by atoms with Gasteiger partial charge in [0.2, 0.25) is 21.8 Å². The summed E-state index contributed by atoms with van der Waals surface area (Å²) in [6, 6.07) is 12.2. The number of benzene rings is 2. The molecule has 0 unspecified atom stereocenters. The van der Waals surface area contributed by atoms with Crippen LogP contribution in [-0.4, -0.2) is 39.7 Å². The summed E-state index contributed by atoms with van der Waals surface area (Å²) in [7, 11) is -4.03. The van der Waals surface area contributed by atoms with E-state index in [1.54, 1.807) is 30.3 Å². The first kappa shape index (κ1) is 23.2. The second kappa shape index (κ2) is 10.1. The van der Waals surface area contributed by atoms with E-state index < -0.39 is 33.9 Å². The Balaban J connectivity index is 1.75. The zero-order chi connectivity index (χ0) is 22.2. The molecular formula is C18H18F3N3O5S. The van der Waals surface area contributed by atoms with Crippen molar-refractivity contribution in [3.05, 3.63) is 54.6 Å². The van der Waals surface area contributed by atoms with Crippen molar-refractivity contribution < 1.29 is 35.9 Å². The highest BCUT2D eigenvalue weighted by Gasteiger charge is 2.31. The molecule has 2 aromatic carbocycles. The van der Waals surface area contributed by atoms with E-state index in [2.05, 4.69) is 20.1 Å². The van der Waals surface area contributed by atoms with E-state index in [1.807, 2.05) is 0 Å². The highest BCUT2D eigenvalue weighted by molar-refractivity contribution is 7.89. The molecule has 0 atom stereocenters. The number of sulfonamides is 1. The van der Waals surface area contributed by atoms with Crippen LogP contribution in [0.15, 0.2) is 59.5 Å². The minimum atomic E-state index is -4.88. The van der Waals surface area contributed by atoms with Gasteiger partial charge in [0.05, 0.1) is 11.4 Å². The molecule has 2 amide bonds. The summed E-state index contributed by atoms with van der Waals surface area (Å²) < 4.78 is 66.4. The first-order valence-corrected chi connectivity index (χ1v) is 10.0. The number of hydrogen-bond acceptors (Lipinski definition) is 5. The maximum Gasteiger partial charge on any atom is 0.573 e. The molecule has 0 bridgehead atoms. The van der Waals surface area contributed by atoms with Crippen molar-refractivity contribution >= 4 is 27.5 Å². The highest BCUT2D eigenvalue weighted by atomic mass is 32.2. The van der Waals surface area contributed by atoms with Crippen LogP contribution in [0.4, 0.5) is 18.9 Å². The van der Waals surface area contributed by atoms with Gasteiger partial charge in [0.15, 0.2) is 0 Å². The van der Waals surface area contributed by atoms with E-state index in [0.717, 1.165) is 24.3 Å². The Morgan fingerprint density at radius 2 is 1.57 bits per heavy atom. The van der Waals surface area contributed by atoms with Gasteiger partial charge < -0.3 is 15.4 Å². The van der Waals surface area contributed by atoms with Crippen molar-refractivity contribution in [2.45, 2.75) is 17.7 Å². The molecule has 0 saturated heterocycles. The zero-order valence-electron chi connectivity index (χ0n) is 15.4. The molecule has 0 fully saturated rings. The Morgan fingerprint density at radius 1 is 0.933 bits per heavy atom. The van der Waals surface area contributed by atoms with Crippen molar-refractivity contribution in [1.82, 2.24) is 10.0 Å². The Bertz CT molecular complexity index is 965. The molecule has 0 radical (unpaired) electrons. The van der Waals surface area contributed by atoms with Crippen LogP contribution in [0.25, 0.3) is 0 Å². The molecule has 3 N–H and O–H groups in total. The van der Waals surface area contributed by atoms with Gasteiger partial charge in [-0.1, -0.05) is 18.2 Å². The Hall–Kier alpha value is -3.12. The van der Waals surface area contributed by atoms with E-state index in [4.69, 9.17) is 0 Å². The fourth-order valence-electron chi connectivity index (χ4n) is 2.20. The number of amides is 2. The van der Waals surface area contributed by atoms with Gasteiger partial charge in [-0.15, -0.1) is 13.2 Å². The highest BCUT2D eigenvalue weighted by Crippen LogP contribution is 2.23. The van der Waals surface area contributed by atoms with Gasteiger partial charge in [0, 0.05) is 18.7 Å². The molecule has 2 rings (SSSR count). The molecule has 12 heteroatoms. The molecular weight excluding hydrogens is 427 g/mol. The van der Waals surface area contributed by atoms with Gasteiger partial charge in [0.25, 0.3) is 0 Å². The first-order chi connectivity index (χ1) is 14.0. The summed E-state index contributed by atoms with van der Waals surface area (Å²) in [5.41, 5.74) is 0.566. The number of anilines is 1. The predicted octanol–water partition coefficient (Wildman–Crippen LogP) is 2.01. The third-order valence-corrected chi connectivity index (χ3v) is 4.99. The van der Waals surface area contributed by atoms with Gasteiger partial charge in [-0.2, -0.15) is 0 Å². The molecule has 0 aromatic heterocycles. The second-order valence-electron chi connectivity index (χ2n) is 5.86. The van der Waals surface area contributed by atoms with Crippen LogP contribution in [-0.2, 0) is 19.6 Å². The van der Waals surface area contributed by atoms with Crippen molar-refractivity contribution in [2.24, 2.45) is 0 Å². The Morgan fingerprint density at radius 3 is 2.17 bits per heavy atom. The van der Waals surface area contributed by atoms with Gasteiger partial charge in [-0.3, -0.25) is 9.59 Å². The number of para-hydroxylation sites is 1. The molecule has 2 aromatic rings. The van der Waals surface area contributed by atoms with Crippen LogP contribution in [0.1, 0.15) is 6.42 Å². The third kappa shape index (κ3) is 8.09. The lowest BCUT2D eigenvalue weighted by Gasteiger charge is -2.10. The predicted molar refractivity (Wildman–Crippen MR) is 101 cm³/mol. The number of halogens is 3. The van der Waals surface area contributed by atoms with E-state index in [1.165, 1.54) is 0 Å². The molecule has 30 heavy (non-hydrogen) atoms. The molecule has 8 nitrogen and oxygen atoms in total. The van der Waals surface area contributed by atoms with Crippen molar-refractivity contribution in [2.75, 3.05) is 18.4 Å². The lowest BCUT2D eigenvalue weighted by molar-refractivity contribution is -0.274. The van der Waals surface area contributed by atoms with Crippen LogP contribution in [0.5, 0.6) is 5.75 Å². The van der Waals surface area contributed by atoms with Crippen molar-refractivity contribution in [3.8, 4) is 5.75 Å². The second-order valence-corrected chi connectivity index (χ2v) is 7.62. The summed E-state index contributed by atoms with van der Waals surface area (Å²) in [5.74, 6) is -1.57. The summed E-state index contributed by atoms with van der Waals surface area (Å²) in [5, 5.41) is 4.92. The summed E-state index contributed by atoms with van der Waals surface area (Å²) in [4.78, 5) is 23.2. The molecule has 162 valence electrons. The van der Waals surface area contributed by atoms with Crippen LogP contribution in [0.2, 0.25) is 0 Å². The van der Waals surface area contributed by atoms with E-state index in [9.17, 15) is 31.2 Å². The third-order valence-electron chi connectivity index (χ3n) is 3.52. The normalized spacial score (nSPS) is 11.6. The van der Waals surface area contributed by atoms with Crippen LogP contribution in [0, 0.1) is 0 Å². The summed E-state index contributed by atoms with van der Waals surface area (Å²) in [6.07, 6.45) is -5.13. The summed E-state index contributed by atoms with van der Waals surface area (Å²) >= 11 is 0. The first-order valence-electron chi connectivity index (χ1n) is 8.52. The maximum atomic E-state index is 12.1. The summed E-state index contributed by atoms with van der Waals surface area (Å²) in [6.45, 7) is -0.559. The number of alkyl halides is 3. The number of ether oxygens (including phenoxy) is 1. The van der Waals surface area contributed by atoms with Crippen LogP contribution < -0.4 is 20.1 Å². The fraction of sp³-hybridized carbons (Fsp3) is 0.222. The zero-order valence-corrected chi connectivity index (χ0v) is 16.2. The van der Waals surface area contributed by atoms with E-state index in [0.29, 0.717) is 5.69 Å². The molecule has 0 heterocycles. The number of carbonyl (C=O) groups is 2. The number of nitrogens with one attached hydrogen (secondary N) is 3. The topological polar surface area (TPSA) is 114 Å². The van der Waals surface area contributed by atoms with Gasteiger partial charge in [-0.25, -0.2) is 13.1 Å². The Labute approximate surface area is 170 Å². The van der Waals surface area contributed by atoms with Crippen LogP contribution >= 0.6 is 0 Å². The van der Waals surface area contributed by atoms with Gasteiger partial charge in [-0.05, 0) is 36.4 Å². The molecule has 0 aliphatic rings. The minimum absolute atomic E-state index is 0.243. The number of hydrogen-bond donors (Lipinski definition) is 3. The van der Waals surface area contributed by atoms with E-state index in [-0.39, 0.29) is 24.4 Å². The quantitative estimate of drug-likeness (QED) is 0.547.